The molecule has 5 nitrogen and oxygen atoms in total. The van der Waals surface area contributed by atoms with Crippen molar-refractivity contribution in [3.8, 4) is 11.3 Å². The summed E-state index contributed by atoms with van der Waals surface area (Å²) in [6.07, 6.45) is 0. The number of amides is 2. The maximum Gasteiger partial charge on any atom is 0.324 e. The lowest BCUT2D eigenvalue weighted by atomic mass is 10.1. The Morgan fingerprint density at radius 1 is 0.957 bits per heavy atom. The van der Waals surface area contributed by atoms with Crippen LogP contribution in [0.4, 0.5) is 16.3 Å². The number of hydrogen-bond donors (Lipinski definition) is 2. The van der Waals surface area contributed by atoms with Gasteiger partial charge in [0.05, 0.1) is 0 Å². The quantitative estimate of drug-likeness (QED) is 0.743. The molecule has 23 heavy (non-hydrogen) atoms. The van der Waals surface area contributed by atoms with Gasteiger partial charge < -0.3 is 9.84 Å². The Labute approximate surface area is 134 Å². The predicted molar refractivity (Wildman–Crippen MR) is 90.5 cm³/mol. The summed E-state index contributed by atoms with van der Waals surface area (Å²) < 4.78 is 5.25. The number of aryl methyl sites for hydroxylation is 2. The van der Waals surface area contributed by atoms with Gasteiger partial charge in [-0.05, 0) is 37.1 Å². The van der Waals surface area contributed by atoms with Crippen molar-refractivity contribution in [1.82, 2.24) is 5.16 Å². The highest BCUT2D eigenvalue weighted by Gasteiger charge is 2.09. The Morgan fingerprint density at radius 3 is 2.35 bits per heavy atom. The van der Waals surface area contributed by atoms with Crippen molar-refractivity contribution in [1.29, 1.82) is 0 Å². The molecule has 0 fully saturated rings. The van der Waals surface area contributed by atoms with E-state index in [-0.39, 0.29) is 6.03 Å². The molecule has 0 spiro atoms. The lowest BCUT2D eigenvalue weighted by Crippen LogP contribution is -2.19. The second kappa shape index (κ2) is 6.36. The number of aromatic nitrogens is 1. The van der Waals surface area contributed by atoms with Gasteiger partial charge >= 0.3 is 6.03 Å². The maximum absolute atomic E-state index is 12.0. The Balaban J connectivity index is 1.68. The van der Waals surface area contributed by atoms with Crippen molar-refractivity contribution < 1.29 is 9.32 Å². The predicted octanol–water partition coefficient (Wildman–Crippen LogP) is 4.60. The van der Waals surface area contributed by atoms with Crippen LogP contribution in [0.15, 0.2) is 59.1 Å². The summed E-state index contributed by atoms with van der Waals surface area (Å²) >= 11 is 0. The van der Waals surface area contributed by atoms with Gasteiger partial charge in [0.25, 0.3) is 0 Å². The van der Waals surface area contributed by atoms with E-state index in [0.29, 0.717) is 11.6 Å². The van der Waals surface area contributed by atoms with Crippen molar-refractivity contribution >= 4 is 17.5 Å². The highest BCUT2D eigenvalue weighted by Crippen LogP contribution is 2.22. The third kappa shape index (κ3) is 3.77. The minimum atomic E-state index is -0.358. The van der Waals surface area contributed by atoms with E-state index in [1.54, 1.807) is 6.07 Å². The standard InChI is InChI=1S/C18H17N3O2/c1-12-8-13(2)10-15(9-12)19-18(22)20-17-11-16(23-21-17)14-6-4-3-5-7-14/h3-11H,1-2H3,(H2,19,20,21,22). The van der Waals surface area contributed by atoms with Crippen LogP contribution in [-0.4, -0.2) is 11.2 Å². The molecule has 0 aliphatic rings. The fourth-order valence-electron chi connectivity index (χ4n) is 2.40. The van der Waals surface area contributed by atoms with E-state index in [9.17, 15) is 4.79 Å². The molecule has 2 N–H and O–H groups in total. The van der Waals surface area contributed by atoms with Crippen molar-refractivity contribution in [2.24, 2.45) is 0 Å². The zero-order chi connectivity index (χ0) is 16.2. The summed E-state index contributed by atoms with van der Waals surface area (Å²) in [5, 5.41) is 9.32. The third-order valence-electron chi connectivity index (χ3n) is 3.29. The largest absolute Gasteiger partial charge is 0.354 e. The number of anilines is 2. The van der Waals surface area contributed by atoms with E-state index in [1.165, 1.54) is 0 Å². The number of carbonyl (C=O) groups is 1. The van der Waals surface area contributed by atoms with E-state index >= 15 is 0 Å². The molecular weight excluding hydrogens is 290 g/mol. The van der Waals surface area contributed by atoms with E-state index < -0.39 is 0 Å². The molecule has 0 bridgehead atoms. The molecule has 2 aromatic carbocycles. The molecule has 3 aromatic rings. The first kappa shape index (κ1) is 14.8. The number of benzene rings is 2. The van der Waals surface area contributed by atoms with E-state index in [2.05, 4.69) is 15.8 Å². The van der Waals surface area contributed by atoms with Crippen LogP contribution in [0.5, 0.6) is 0 Å². The van der Waals surface area contributed by atoms with E-state index in [1.807, 2.05) is 62.4 Å². The second-order valence-electron chi connectivity index (χ2n) is 5.40. The van der Waals surface area contributed by atoms with Gasteiger partial charge in [0.2, 0.25) is 0 Å². The van der Waals surface area contributed by atoms with Crippen molar-refractivity contribution in [3.05, 3.63) is 65.7 Å². The molecule has 0 radical (unpaired) electrons. The zero-order valence-corrected chi connectivity index (χ0v) is 13.0. The first-order chi connectivity index (χ1) is 11.1. The molecule has 1 heterocycles. The molecule has 1 aromatic heterocycles. The number of urea groups is 1. The first-order valence-corrected chi connectivity index (χ1v) is 7.28. The van der Waals surface area contributed by atoms with Crippen LogP contribution in [0.25, 0.3) is 11.3 Å². The van der Waals surface area contributed by atoms with Crippen LogP contribution >= 0.6 is 0 Å². The Bertz CT molecular complexity index is 805. The molecule has 2 amide bonds. The van der Waals surface area contributed by atoms with E-state index in [0.717, 1.165) is 22.4 Å². The second-order valence-corrected chi connectivity index (χ2v) is 5.40. The summed E-state index contributed by atoms with van der Waals surface area (Å²) in [7, 11) is 0. The minimum absolute atomic E-state index is 0.358. The molecule has 0 aliphatic heterocycles. The topological polar surface area (TPSA) is 67.2 Å². The summed E-state index contributed by atoms with van der Waals surface area (Å²) in [4.78, 5) is 12.0. The number of nitrogens with zero attached hydrogens (tertiary/aromatic N) is 1. The summed E-state index contributed by atoms with van der Waals surface area (Å²) in [5.41, 5.74) is 3.83. The monoisotopic (exact) mass is 307 g/mol. The number of rotatable bonds is 3. The van der Waals surface area contributed by atoms with Gasteiger partial charge in [-0.2, -0.15) is 0 Å². The van der Waals surface area contributed by atoms with Crippen LogP contribution in [0, 0.1) is 13.8 Å². The smallest absolute Gasteiger partial charge is 0.324 e. The SMILES string of the molecule is Cc1cc(C)cc(NC(=O)Nc2cc(-c3ccccc3)on2)c1. The number of nitrogens with one attached hydrogen (secondary N) is 2. The van der Waals surface area contributed by atoms with Crippen LogP contribution in [-0.2, 0) is 0 Å². The van der Waals surface area contributed by atoms with Gasteiger partial charge in [0, 0.05) is 17.3 Å². The highest BCUT2D eigenvalue weighted by molar-refractivity contribution is 5.99. The van der Waals surface area contributed by atoms with Crippen LogP contribution < -0.4 is 10.6 Å². The molecular formula is C18H17N3O2. The van der Waals surface area contributed by atoms with Gasteiger partial charge in [-0.15, -0.1) is 0 Å². The fraction of sp³-hybridized carbons (Fsp3) is 0.111. The molecule has 3 rings (SSSR count). The normalized spacial score (nSPS) is 10.3. The van der Waals surface area contributed by atoms with Crippen LogP contribution in [0.1, 0.15) is 11.1 Å². The molecule has 0 atom stereocenters. The average molecular weight is 307 g/mol. The van der Waals surface area contributed by atoms with Gasteiger partial charge in [-0.1, -0.05) is 41.6 Å². The molecule has 0 unspecified atom stereocenters. The van der Waals surface area contributed by atoms with Crippen molar-refractivity contribution in [2.45, 2.75) is 13.8 Å². The summed E-state index contributed by atoms with van der Waals surface area (Å²) in [6, 6.07) is 16.8. The van der Waals surface area contributed by atoms with E-state index in [4.69, 9.17) is 4.52 Å². The molecule has 0 aliphatic carbocycles. The minimum Gasteiger partial charge on any atom is -0.354 e. The lowest BCUT2D eigenvalue weighted by Gasteiger charge is -2.07. The molecule has 0 saturated carbocycles. The molecule has 116 valence electrons. The van der Waals surface area contributed by atoms with Gasteiger partial charge in [0.15, 0.2) is 11.6 Å². The first-order valence-electron chi connectivity index (χ1n) is 7.28. The third-order valence-corrected chi connectivity index (χ3v) is 3.29. The Kier molecular flexibility index (Phi) is 4.10. The van der Waals surface area contributed by atoms with Crippen LogP contribution in [0.3, 0.4) is 0 Å². The van der Waals surface area contributed by atoms with Crippen molar-refractivity contribution in [2.75, 3.05) is 10.6 Å². The highest BCUT2D eigenvalue weighted by atomic mass is 16.5. The van der Waals surface area contributed by atoms with Gasteiger partial charge in [-0.3, -0.25) is 5.32 Å². The van der Waals surface area contributed by atoms with Crippen LogP contribution in [0.2, 0.25) is 0 Å². The van der Waals surface area contributed by atoms with Crippen molar-refractivity contribution in [3.63, 3.8) is 0 Å². The average Bonchev–Trinajstić information content (AvgIpc) is 2.95. The lowest BCUT2D eigenvalue weighted by molar-refractivity contribution is 0.262. The number of carbonyl (C=O) groups excluding carboxylic acids is 1. The fourth-order valence-corrected chi connectivity index (χ4v) is 2.40. The van der Waals surface area contributed by atoms with Gasteiger partial charge in [0.1, 0.15) is 0 Å². The Hall–Kier alpha value is -3.08. The zero-order valence-electron chi connectivity index (χ0n) is 13.0. The molecule has 0 saturated heterocycles. The Morgan fingerprint density at radius 2 is 1.65 bits per heavy atom. The maximum atomic E-state index is 12.0. The molecule has 5 heteroatoms. The summed E-state index contributed by atoms with van der Waals surface area (Å²) in [5.74, 6) is 0.970. The number of hydrogen-bond acceptors (Lipinski definition) is 3. The summed E-state index contributed by atoms with van der Waals surface area (Å²) in [6.45, 7) is 3.97. The van der Waals surface area contributed by atoms with Gasteiger partial charge in [-0.25, -0.2) is 4.79 Å².